The molecular formula is C17H10ClF7N2O2. The van der Waals surface area contributed by atoms with Crippen molar-refractivity contribution in [3.8, 4) is 5.75 Å². The topological polar surface area (TPSA) is 34.1 Å². The van der Waals surface area contributed by atoms with E-state index in [-0.39, 0.29) is 10.6 Å². The van der Waals surface area contributed by atoms with E-state index in [1.165, 1.54) is 6.07 Å². The van der Waals surface area contributed by atoms with Crippen LogP contribution in [0.2, 0.25) is 5.02 Å². The summed E-state index contributed by atoms with van der Waals surface area (Å²) >= 11 is 5.71. The van der Waals surface area contributed by atoms with Crippen LogP contribution in [0.25, 0.3) is 0 Å². The van der Waals surface area contributed by atoms with Crippen molar-refractivity contribution in [2.75, 3.05) is 13.2 Å². The van der Waals surface area contributed by atoms with Crippen LogP contribution in [-0.4, -0.2) is 42.8 Å². The zero-order chi connectivity index (χ0) is 21.1. The van der Waals surface area contributed by atoms with Gasteiger partial charge in [0.2, 0.25) is 0 Å². The number of benzene rings is 1. The molecule has 0 N–H and O–H groups in total. The number of amidine groups is 1. The van der Waals surface area contributed by atoms with Crippen LogP contribution < -0.4 is 4.74 Å². The Labute approximate surface area is 163 Å². The number of halogens is 8. The van der Waals surface area contributed by atoms with Crippen molar-refractivity contribution >= 4 is 17.4 Å². The van der Waals surface area contributed by atoms with Crippen LogP contribution in [0.3, 0.4) is 0 Å². The first kappa shape index (κ1) is 19.9. The summed E-state index contributed by atoms with van der Waals surface area (Å²) in [6.07, 6.45) is -5.80. The van der Waals surface area contributed by atoms with E-state index in [1.807, 2.05) is 0 Å². The third kappa shape index (κ3) is 3.11. The maximum atomic E-state index is 14.9. The van der Waals surface area contributed by atoms with Gasteiger partial charge in [-0.05, 0) is 12.1 Å². The summed E-state index contributed by atoms with van der Waals surface area (Å²) in [5, 5.41) is -0.305. The number of ether oxygens (including phenoxy) is 2. The van der Waals surface area contributed by atoms with Gasteiger partial charge in [-0.25, -0.2) is 13.8 Å². The highest BCUT2D eigenvalue weighted by molar-refractivity contribution is 6.30. The lowest BCUT2D eigenvalue weighted by molar-refractivity contribution is -0.0981. The Balaban J connectivity index is 1.87. The van der Waals surface area contributed by atoms with E-state index in [4.69, 9.17) is 16.3 Å². The summed E-state index contributed by atoms with van der Waals surface area (Å²) in [5.41, 5.74) is -3.27. The van der Waals surface area contributed by atoms with Crippen molar-refractivity contribution in [3.05, 3.63) is 52.1 Å². The first-order valence-corrected chi connectivity index (χ1v) is 8.48. The molecule has 1 aromatic rings. The van der Waals surface area contributed by atoms with Crippen LogP contribution in [0.5, 0.6) is 5.75 Å². The predicted molar refractivity (Wildman–Crippen MR) is 86.9 cm³/mol. The first-order valence-electron chi connectivity index (χ1n) is 8.10. The SMILES string of the molecule is Fc1c(Cl)ccc2c1OC[C@H](F)[C@@]21CN2C=C(C(F)(F)F)C=C(OC(F)F)C2=N1. The van der Waals surface area contributed by atoms with Gasteiger partial charge in [-0.3, -0.25) is 0 Å². The van der Waals surface area contributed by atoms with E-state index >= 15 is 0 Å². The fourth-order valence-corrected chi connectivity index (χ4v) is 3.62. The van der Waals surface area contributed by atoms with E-state index in [0.717, 1.165) is 11.0 Å². The van der Waals surface area contributed by atoms with E-state index < -0.39 is 66.4 Å². The summed E-state index contributed by atoms with van der Waals surface area (Å²) in [5.74, 6) is -2.67. The lowest BCUT2D eigenvalue weighted by Crippen LogP contribution is -2.46. The molecule has 4 nitrogen and oxygen atoms in total. The van der Waals surface area contributed by atoms with E-state index in [2.05, 4.69) is 9.73 Å². The van der Waals surface area contributed by atoms with Crippen molar-refractivity contribution in [2.24, 2.45) is 4.99 Å². The number of hydrogen-bond acceptors (Lipinski definition) is 4. The molecule has 0 amide bonds. The average molecular weight is 443 g/mol. The molecule has 0 radical (unpaired) electrons. The number of alkyl halides is 6. The number of rotatable bonds is 2. The zero-order valence-electron chi connectivity index (χ0n) is 14.1. The number of fused-ring (bicyclic) bond motifs is 3. The lowest BCUT2D eigenvalue weighted by Gasteiger charge is -2.36. The van der Waals surface area contributed by atoms with Crippen LogP contribution in [0, 0.1) is 5.82 Å². The largest absolute Gasteiger partial charge is 0.487 e. The van der Waals surface area contributed by atoms with E-state index in [1.54, 1.807) is 0 Å². The van der Waals surface area contributed by atoms with E-state index in [0.29, 0.717) is 12.3 Å². The molecule has 156 valence electrons. The van der Waals surface area contributed by atoms with Crippen molar-refractivity contribution < 1.29 is 40.2 Å². The standard InChI is InChI=1S/C17H10ClF7N2O2/c18-9-2-1-8-13(12(9)20)28-5-11(19)16(8)6-27-4-7(17(23,24)25)3-10(14(27)26-16)29-15(21)22/h1-4,11,15H,5-6H2/t11-,16+/m0/s1. The molecule has 1 aromatic carbocycles. The molecule has 12 heteroatoms. The van der Waals surface area contributed by atoms with Gasteiger partial charge in [0, 0.05) is 11.8 Å². The minimum Gasteiger partial charge on any atom is -0.487 e. The van der Waals surface area contributed by atoms with Gasteiger partial charge < -0.3 is 14.4 Å². The Bertz CT molecular complexity index is 960. The van der Waals surface area contributed by atoms with Crippen molar-refractivity contribution in [2.45, 2.75) is 24.5 Å². The molecule has 29 heavy (non-hydrogen) atoms. The molecule has 0 fully saturated rings. The van der Waals surface area contributed by atoms with Crippen LogP contribution >= 0.6 is 11.6 Å². The Morgan fingerprint density at radius 1 is 1.31 bits per heavy atom. The van der Waals surface area contributed by atoms with E-state index in [9.17, 15) is 30.7 Å². The summed E-state index contributed by atoms with van der Waals surface area (Å²) in [6, 6.07) is 2.36. The average Bonchev–Trinajstić information content (AvgIpc) is 3.01. The third-order valence-corrected chi connectivity index (χ3v) is 5.03. The molecule has 2 atom stereocenters. The molecule has 0 unspecified atom stereocenters. The van der Waals surface area contributed by atoms with Gasteiger partial charge in [0.15, 0.2) is 29.3 Å². The first-order chi connectivity index (χ1) is 13.5. The maximum Gasteiger partial charge on any atom is 0.417 e. The molecule has 3 aliphatic rings. The van der Waals surface area contributed by atoms with Gasteiger partial charge in [0.05, 0.1) is 17.1 Å². The zero-order valence-corrected chi connectivity index (χ0v) is 14.9. The maximum absolute atomic E-state index is 14.9. The van der Waals surface area contributed by atoms with Crippen molar-refractivity contribution in [1.82, 2.24) is 4.90 Å². The molecule has 0 saturated heterocycles. The van der Waals surface area contributed by atoms with Gasteiger partial charge in [0.1, 0.15) is 12.1 Å². The second kappa shape index (κ2) is 6.54. The number of aliphatic imine (C=N–C) groups is 1. The minimum atomic E-state index is -4.87. The minimum absolute atomic E-state index is 0.0987. The molecule has 3 heterocycles. The van der Waals surface area contributed by atoms with Gasteiger partial charge in [-0.15, -0.1) is 0 Å². The second-order valence-corrected chi connectivity index (χ2v) is 6.88. The third-order valence-electron chi connectivity index (χ3n) is 4.74. The highest BCUT2D eigenvalue weighted by Gasteiger charge is 2.54. The van der Waals surface area contributed by atoms with Gasteiger partial charge in [0.25, 0.3) is 0 Å². The summed E-state index contributed by atoms with van der Waals surface area (Å²) in [4.78, 5) is 4.94. The van der Waals surface area contributed by atoms with Crippen LogP contribution in [0.1, 0.15) is 5.56 Å². The Hall–Kier alpha value is -2.43. The second-order valence-electron chi connectivity index (χ2n) is 6.47. The Morgan fingerprint density at radius 2 is 2.03 bits per heavy atom. The van der Waals surface area contributed by atoms with Gasteiger partial charge >= 0.3 is 12.8 Å². The lowest BCUT2D eigenvalue weighted by atomic mass is 9.83. The van der Waals surface area contributed by atoms with Crippen LogP contribution in [-0.2, 0) is 10.3 Å². The van der Waals surface area contributed by atoms with Gasteiger partial charge in [-0.2, -0.15) is 22.0 Å². The van der Waals surface area contributed by atoms with Crippen molar-refractivity contribution in [1.29, 1.82) is 0 Å². The summed E-state index contributed by atoms with van der Waals surface area (Å²) in [6.45, 7) is -4.60. The smallest absolute Gasteiger partial charge is 0.417 e. The van der Waals surface area contributed by atoms with Crippen LogP contribution in [0.4, 0.5) is 30.7 Å². The summed E-state index contributed by atoms with van der Waals surface area (Å²) < 4.78 is 104. The Morgan fingerprint density at radius 3 is 2.69 bits per heavy atom. The monoisotopic (exact) mass is 442 g/mol. The summed E-state index contributed by atoms with van der Waals surface area (Å²) in [7, 11) is 0. The highest BCUT2D eigenvalue weighted by atomic mass is 35.5. The molecule has 3 aliphatic heterocycles. The molecule has 0 bridgehead atoms. The molecule has 0 aromatic heterocycles. The highest BCUT2D eigenvalue weighted by Crippen LogP contribution is 2.49. The molecule has 4 rings (SSSR count). The Kier molecular flexibility index (Phi) is 4.48. The quantitative estimate of drug-likeness (QED) is 0.623. The number of allylic oxidation sites excluding steroid dienone is 2. The predicted octanol–water partition coefficient (Wildman–Crippen LogP) is 4.70. The molecular weight excluding hydrogens is 433 g/mol. The molecule has 0 saturated carbocycles. The number of hydrogen-bond donors (Lipinski definition) is 0. The normalized spacial score (nSPS) is 25.9. The molecule has 0 aliphatic carbocycles. The van der Waals surface area contributed by atoms with Crippen LogP contribution in [0.15, 0.2) is 40.7 Å². The number of nitrogens with zero attached hydrogens (tertiary/aromatic N) is 2. The van der Waals surface area contributed by atoms with Crippen molar-refractivity contribution in [3.63, 3.8) is 0 Å². The fourth-order valence-electron chi connectivity index (χ4n) is 3.47. The molecule has 1 spiro atoms. The van der Waals surface area contributed by atoms with Gasteiger partial charge in [-0.1, -0.05) is 17.7 Å². The fraction of sp³-hybridized carbons (Fsp3) is 0.353.